The van der Waals surface area contributed by atoms with Crippen molar-refractivity contribution in [2.45, 2.75) is 13.8 Å². The van der Waals surface area contributed by atoms with Gasteiger partial charge in [0.1, 0.15) is 12.1 Å². The molecule has 0 amide bonds. The van der Waals surface area contributed by atoms with Crippen LogP contribution in [0.2, 0.25) is 5.02 Å². The maximum absolute atomic E-state index is 10.1. The number of benzene rings is 2. The molecule has 7 nitrogen and oxygen atoms in total. The van der Waals surface area contributed by atoms with Gasteiger partial charge in [0.05, 0.1) is 22.8 Å². The normalized spacial score (nSPS) is 11.5. The summed E-state index contributed by atoms with van der Waals surface area (Å²) in [6, 6.07) is 10.9. The van der Waals surface area contributed by atoms with Crippen LogP contribution in [0.4, 0.5) is 0 Å². The first-order valence-corrected chi connectivity index (χ1v) is 9.05. The van der Waals surface area contributed by atoms with Gasteiger partial charge in [-0.15, -0.1) is 5.10 Å². The number of phenols is 1. The first kappa shape index (κ1) is 16.7. The van der Waals surface area contributed by atoms with Crippen molar-refractivity contribution in [2.75, 3.05) is 0 Å². The van der Waals surface area contributed by atoms with E-state index in [4.69, 9.17) is 11.6 Å². The summed E-state index contributed by atoms with van der Waals surface area (Å²) < 4.78 is 3.36. The van der Waals surface area contributed by atoms with Gasteiger partial charge in [-0.25, -0.2) is 19.2 Å². The summed E-state index contributed by atoms with van der Waals surface area (Å²) in [4.78, 5) is 9.11. The summed E-state index contributed by atoms with van der Waals surface area (Å²) in [7, 11) is 0. The van der Waals surface area contributed by atoms with Crippen LogP contribution in [0.25, 0.3) is 33.8 Å². The number of hydrogen-bond acceptors (Lipinski definition) is 5. The van der Waals surface area contributed by atoms with Crippen molar-refractivity contribution in [1.29, 1.82) is 0 Å². The van der Waals surface area contributed by atoms with Crippen LogP contribution in [0.1, 0.15) is 11.1 Å². The Kier molecular flexibility index (Phi) is 3.60. The van der Waals surface area contributed by atoms with Crippen LogP contribution in [0.3, 0.4) is 0 Å². The van der Waals surface area contributed by atoms with Crippen molar-refractivity contribution in [3.05, 3.63) is 65.1 Å². The molecule has 0 spiro atoms. The minimum Gasteiger partial charge on any atom is -0.507 e. The van der Waals surface area contributed by atoms with Gasteiger partial charge in [-0.3, -0.25) is 0 Å². The number of aromatic hydroxyl groups is 1. The fourth-order valence-electron chi connectivity index (χ4n) is 3.17. The van der Waals surface area contributed by atoms with Crippen molar-refractivity contribution < 1.29 is 5.11 Å². The van der Waals surface area contributed by atoms with Crippen LogP contribution >= 0.6 is 11.6 Å². The molecule has 0 bridgehead atoms. The van der Waals surface area contributed by atoms with E-state index in [0.29, 0.717) is 27.7 Å². The molecule has 0 unspecified atom stereocenters. The van der Waals surface area contributed by atoms with Gasteiger partial charge in [0.15, 0.2) is 17.1 Å². The maximum Gasteiger partial charge on any atom is 0.186 e. The monoisotopic (exact) mass is 390 g/mol. The van der Waals surface area contributed by atoms with E-state index >= 15 is 0 Å². The highest BCUT2D eigenvalue weighted by Crippen LogP contribution is 2.30. The smallest absolute Gasteiger partial charge is 0.186 e. The number of phenolic OH excluding ortho intramolecular Hbond substituents is 1. The molecule has 0 radical (unpaired) electrons. The summed E-state index contributed by atoms with van der Waals surface area (Å²) in [6.07, 6.45) is 3.32. The quantitative estimate of drug-likeness (QED) is 0.490. The van der Waals surface area contributed by atoms with Gasteiger partial charge in [-0.05, 0) is 55.3 Å². The molecule has 0 aliphatic heterocycles. The van der Waals surface area contributed by atoms with E-state index in [1.807, 2.05) is 6.07 Å². The summed E-state index contributed by atoms with van der Waals surface area (Å²) >= 11 is 6.06. The molecule has 5 rings (SSSR count). The Morgan fingerprint density at radius 2 is 1.86 bits per heavy atom. The van der Waals surface area contributed by atoms with E-state index < -0.39 is 0 Å². The van der Waals surface area contributed by atoms with Gasteiger partial charge in [-0.2, -0.15) is 5.10 Å². The largest absolute Gasteiger partial charge is 0.507 e. The Labute approximate surface area is 164 Å². The summed E-state index contributed by atoms with van der Waals surface area (Å²) in [5.41, 5.74) is 5.09. The number of aromatic nitrogens is 6. The third-order valence-electron chi connectivity index (χ3n) is 4.84. The number of rotatable bonds is 2. The highest BCUT2D eigenvalue weighted by Gasteiger charge is 2.16. The molecule has 8 heteroatoms. The highest BCUT2D eigenvalue weighted by molar-refractivity contribution is 6.30. The Morgan fingerprint density at radius 1 is 1.00 bits per heavy atom. The van der Waals surface area contributed by atoms with Crippen LogP contribution in [0.15, 0.2) is 48.9 Å². The highest BCUT2D eigenvalue weighted by atomic mass is 35.5. The van der Waals surface area contributed by atoms with E-state index in [1.165, 1.54) is 17.2 Å². The first-order valence-electron chi connectivity index (χ1n) is 8.67. The molecule has 0 fully saturated rings. The molecule has 0 atom stereocenters. The van der Waals surface area contributed by atoms with E-state index in [1.54, 1.807) is 33.9 Å². The molecule has 138 valence electrons. The number of halogens is 1. The van der Waals surface area contributed by atoms with Crippen molar-refractivity contribution in [3.8, 4) is 22.8 Å². The van der Waals surface area contributed by atoms with E-state index in [0.717, 1.165) is 11.1 Å². The number of fused-ring (bicyclic) bond motifs is 3. The van der Waals surface area contributed by atoms with Crippen molar-refractivity contribution in [1.82, 2.24) is 29.4 Å². The molecule has 1 N–H and O–H groups in total. The molecular weight excluding hydrogens is 376 g/mol. The van der Waals surface area contributed by atoms with Crippen LogP contribution < -0.4 is 0 Å². The molecule has 0 saturated heterocycles. The minimum absolute atomic E-state index is 0.0651. The fraction of sp³-hybridized carbons (Fsp3) is 0.100. The van der Waals surface area contributed by atoms with E-state index in [-0.39, 0.29) is 5.75 Å². The number of hydrogen-bond donors (Lipinski definition) is 1. The lowest BCUT2D eigenvalue weighted by atomic mass is 10.1. The van der Waals surface area contributed by atoms with Crippen LogP contribution in [0, 0.1) is 13.8 Å². The third-order valence-corrected chi connectivity index (χ3v) is 5.08. The lowest BCUT2D eigenvalue weighted by molar-refractivity contribution is 0.477. The summed E-state index contributed by atoms with van der Waals surface area (Å²) in [6.45, 7) is 4.14. The predicted molar refractivity (Wildman–Crippen MR) is 107 cm³/mol. The van der Waals surface area contributed by atoms with Gasteiger partial charge in [0.25, 0.3) is 0 Å². The maximum atomic E-state index is 10.1. The molecule has 3 heterocycles. The number of aryl methyl sites for hydroxylation is 2. The summed E-state index contributed by atoms with van der Waals surface area (Å²) in [5.74, 6) is 0.434. The number of nitrogens with zero attached hydrogens (tertiary/aromatic N) is 6. The SMILES string of the molecule is Cc1ccc(-n2ncc3c2ncn2nc(-c4cc(Cl)ccc4O)nc32)cc1C. The second-order valence-corrected chi connectivity index (χ2v) is 7.11. The Bertz CT molecular complexity index is 1370. The zero-order chi connectivity index (χ0) is 19.4. The van der Waals surface area contributed by atoms with Gasteiger partial charge in [0, 0.05) is 5.02 Å². The molecule has 3 aromatic heterocycles. The average molecular weight is 391 g/mol. The van der Waals surface area contributed by atoms with Gasteiger partial charge < -0.3 is 5.11 Å². The first-order chi connectivity index (χ1) is 13.5. The standard InChI is InChI=1S/C20H15ClN6O/c1-11-3-5-14(7-12(11)2)27-19-16(9-23-27)20-24-18(25-26(20)10-22-19)15-8-13(21)4-6-17(15)28/h3-10,28H,1-2H3. The summed E-state index contributed by atoms with van der Waals surface area (Å²) in [5, 5.41) is 20.3. The second-order valence-electron chi connectivity index (χ2n) is 6.67. The Hall–Kier alpha value is -3.45. The van der Waals surface area contributed by atoms with Gasteiger partial charge >= 0.3 is 0 Å². The molecule has 5 aromatic rings. The minimum atomic E-state index is 0.0651. The van der Waals surface area contributed by atoms with E-state index in [9.17, 15) is 5.11 Å². The van der Waals surface area contributed by atoms with Gasteiger partial charge in [0.2, 0.25) is 0 Å². The topological polar surface area (TPSA) is 81.1 Å². The molecule has 0 aliphatic rings. The lowest BCUT2D eigenvalue weighted by Crippen LogP contribution is -1.99. The second kappa shape index (κ2) is 6.03. The third kappa shape index (κ3) is 2.51. The lowest BCUT2D eigenvalue weighted by Gasteiger charge is -2.06. The zero-order valence-electron chi connectivity index (χ0n) is 15.1. The van der Waals surface area contributed by atoms with Crippen LogP contribution in [-0.4, -0.2) is 34.5 Å². The van der Waals surface area contributed by atoms with Crippen molar-refractivity contribution >= 4 is 28.3 Å². The molecule has 28 heavy (non-hydrogen) atoms. The molecule has 2 aromatic carbocycles. The van der Waals surface area contributed by atoms with Gasteiger partial charge in [-0.1, -0.05) is 17.7 Å². The molecular formula is C20H15ClN6O. The Morgan fingerprint density at radius 3 is 2.68 bits per heavy atom. The van der Waals surface area contributed by atoms with Crippen molar-refractivity contribution in [2.24, 2.45) is 0 Å². The Balaban J connectivity index is 1.71. The average Bonchev–Trinajstić information content (AvgIpc) is 3.29. The van der Waals surface area contributed by atoms with Crippen molar-refractivity contribution in [3.63, 3.8) is 0 Å². The molecule has 0 aliphatic carbocycles. The van der Waals surface area contributed by atoms with Crippen LogP contribution in [-0.2, 0) is 0 Å². The predicted octanol–water partition coefficient (Wildman–Crippen LogP) is 4.11. The van der Waals surface area contributed by atoms with Crippen LogP contribution in [0.5, 0.6) is 5.75 Å². The van der Waals surface area contributed by atoms with E-state index in [2.05, 4.69) is 46.1 Å². The fourth-order valence-corrected chi connectivity index (χ4v) is 3.34. The zero-order valence-corrected chi connectivity index (χ0v) is 15.9. The molecule has 0 saturated carbocycles.